The molecule has 2 N–H and O–H groups in total. The molecule has 1 saturated carbocycles. The maximum atomic E-state index is 13.3. The van der Waals surface area contributed by atoms with Gasteiger partial charge in [0.05, 0.1) is 0 Å². The molecule has 0 aliphatic heterocycles. The minimum absolute atomic E-state index is 0.0266. The van der Waals surface area contributed by atoms with Gasteiger partial charge in [-0.15, -0.1) is 0 Å². The normalized spacial score (nSPS) is 25.2. The molecular weight excluding hydrogens is 261 g/mol. The first kappa shape index (κ1) is 14.7. The number of aromatic hydroxyl groups is 1. The first-order valence-electron chi connectivity index (χ1n) is 6.87. The third-order valence-electron chi connectivity index (χ3n) is 3.90. The molecule has 3 atom stereocenters. The molecule has 0 radical (unpaired) electrons. The predicted octanol–water partition coefficient (Wildman–Crippen LogP) is 3.86. The molecule has 1 aliphatic rings. The Kier molecular flexibility index (Phi) is 5.11. The van der Waals surface area contributed by atoms with Gasteiger partial charge in [0.25, 0.3) is 0 Å². The molecule has 0 amide bonds. The van der Waals surface area contributed by atoms with Crippen LogP contribution in [0, 0.1) is 5.82 Å². The van der Waals surface area contributed by atoms with Gasteiger partial charge in [-0.25, -0.2) is 4.39 Å². The molecule has 1 aromatic carbocycles. The van der Waals surface area contributed by atoms with Crippen LogP contribution in [0.1, 0.15) is 44.2 Å². The number of rotatable bonds is 4. The molecule has 0 bridgehead atoms. The molecule has 1 aliphatic carbocycles. The Labute approximate surface area is 118 Å². The summed E-state index contributed by atoms with van der Waals surface area (Å²) in [6, 6.07) is 4.57. The summed E-state index contributed by atoms with van der Waals surface area (Å²) >= 11 is 1.93. The number of phenols is 1. The summed E-state index contributed by atoms with van der Waals surface area (Å²) in [7, 11) is 0. The fraction of sp³-hybridized carbons (Fsp3) is 0.600. The van der Waals surface area contributed by atoms with Crippen molar-refractivity contribution in [3.8, 4) is 5.75 Å². The maximum Gasteiger partial charge on any atom is 0.123 e. The van der Waals surface area contributed by atoms with Gasteiger partial charge in [-0.1, -0.05) is 6.42 Å². The zero-order chi connectivity index (χ0) is 13.8. The predicted molar refractivity (Wildman–Crippen MR) is 79.2 cm³/mol. The van der Waals surface area contributed by atoms with E-state index >= 15 is 0 Å². The van der Waals surface area contributed by atoms with Crippen molar-refractivity contribution >= 4 is 11.8 Å². The quantitative estimate of drug-likeness (QED) is 0.880. The number of phenolic OH excluding ortho intramolecular Hbond substituents is 1. The molecule has 0 saturated heterocycles. The van der Waals surface area contributed by atoms with E-state index in [2.05, 4.69) is 11.6 Å². The largest absolute Gasteiger partial charge is 0.508 e. The van der Waals surface area contributed by atoms with Crippen LogP contribution in [-0.4, -0.2) is 22.7 Å². The zero-order valence-electron chi connectivity index (χ0n) is 11.5. The van der Waals surface area contributed by atoms with Crippen LogP contribution in [0.5, 0.6) is 5.75 Å². The van der Waals surface area contributed by atoms with Gasteiger partial charge in [-0.2, -0.15) is 11.8 Å². The third-order valence-corrected chi connectivity index (χ3v) is 5.00. The number of hydrogen-bond acceptors (Lipinski definition) is 3. The van der Waals surface area contributed by atoms with Gasteiger partial charge in [0.2, 0.25) is 0 Å². The first-order chi connectivity index (χ1) is 9.10. The summed E-state index contributed by atoms with van der Waals surface area (Å²) in [4.78, 5) is 0. The molecule has 19 heavy (non-hydrogen) atoms. The number of benzene rings is 1. The monoisotopic (exact) mass is 283 g/mol. The van der Waals surface area contributed by atoms with E-state index in [4.69, 9.17) is 0 Å². The van der Waals surface area contributed by atoms with Gasteiger partial charge in [0.15, 0.2) is 0 Å². The van der Waals surface area contributed by atoms with E-state index in [9.17, 15) is 9.50 Å². The van der Waals surface area contributed by atoms with Gasteiger partial charge >= 0.3 is 0 Å². The van der Waals surface area contributed by atoms with E-state index in [1.54, 1.807) is 0 Å². The fourth-order valence-electron chi connectivity index (χ4n) is 2.83. The van der Waals surface area contributed by atoms with Crippen molar-refractivity contribution in [1.82, 2.24) is 5.32 Å². The van der Waals surface area contributed by atoms with E-state index in [1.807, 2.05) is 18.7 Å². The minimum atomic E-state index is -0.299. The fourth-order valence-corrected chi connectivity index (χ4v) is 3.65. The Hall–Kier alpha value is -0.740. The Morgan fingerprint density at radius 3 is 2.95 bits per heavy atom. The smallest absolute Gasteiger partial charge is 0.123 e. The summed E-state index contributed by atoms with van der Waals surface area (Å²) in [5.74, 6) is -0.134. The average Bonchev–Trinajstić information content (AvgIpc) is 2.41. The Bertz CT molecular complexity index is 427. The topological polar surface area (TPSA) is 32.3 Å². The van der Waals surface area contributed by atoms with Crippen LogP contribution in [0.3, 0.4) is 0 Å². The summed E-state index contributed by atoms with van der Waals surface area (Å²) in [6.45, 7) is 1.98. The molecule has 0 aromatic heterocycles. The van der Waals surface area contributed by atoms with Crippen LogP contribution in [0.4, 0.5) is 4.39 Å². The van der Waals surface area contributed by atoms with Gasteiger partial charge in [0.1, 0.15) is 11.6 Å². The van der Waals surface area contributed by atoms with Crippen molar-refractivity contribution < 1.29 is 9.50 Å². The lowest BCUT2D eigenvalue weighted by atomic mass is 9.93. The minimum Gasteiger partial charge on any atom is -0.508 e. The SMILES string of the molecule is CSC1CCCC(NC(C)c2cc(F)ccc2O)C1. The van der Waals surface area contributed by atoms with E-state index in [1.165, 1.54) is 31.0 Å². The molecule has 0 spiro atoms. The highest BCUT2D eigenvalue weighted by Crippen LogP contribution is 2.30. The van der Waals surface area contributed by atoms with Crippen LogP contribution in [-0.2, 0) is 0 Å². The number of hydrogen-bond donors (Lipinski definition) is 2. The summed E-state index contributed by atoms with van der Waals surface area (Å²) in [6.07, 6.45) is 7.01. The van der Waals surface area contributed by atoms with Crippen LogP contribution in [0.2, 0.25) is 0 Å². The number of nitrogens with one attached hydrogen (secondary N) is 1. The summed E-state index contributed by atoms with van der Waals surface area (Å²) in [5.41, 5.74) is 0.645. The van der Waals surface area contributed by atoms with E-state index in [-0.39, 0.29) is 17.6 Å². The van der Waals surface area contributed by atoms with Gasteiger partial charge in [-0.05, 0) is 50.6 Å². The maximum absolute atomic E-state index is 13.3. The van der Waals surface area contributed by atoms with E-state index in [0.717, 1.165) is 18.1 Å². The second-order valence-electron chi connectivity index (χ2n) is 5.31. The van der Waals surface area contributed by atoms with Crippen molar-refractivity contribution in [3.63, 3.8) is 0 Å². The highest BCUT2D eigenvalue weighted by molar-refractivity contribution is 7.99. The first-order valence-corrected chi connectivity index (χ1v) is 8.16. The Balaban J connectivity index is 2.00. The Morgan fingerprint density at radius 2 is 2.21 bits per heavy atom. The lowest BCUT2D eigenvalue weighted by Gasteiger charge is -2.31. The second-order valence-corrected chi connectivity index (χ2v) is 6.45. The van der Waals surface area contributed by atoms with Crippen molar-refractivity contribution in [2.45, 2.75) is 49.9 Å². The molecule has 106 valence electrons. The summed E-state index contributed by atoms with van der Waals surface area (Å²) in [5, 5.41) is 14.1. The molecule has 1 aromatic rings. The van der Waals surface area contributed by atoms with Gasteiger partial charge in [-0.3, -0.25) is 0 Å². The van der Waals surface area contributed by atoms with Crippen molar-refractivity contribution in [2.75, 3.05) is 6.26 Å². The zero-order valence-corrected chi connectivity index (χ0v) is 12.3. The van der Waals surface area contributed by atoms with Crippen molar-refractivity contribution in [1.29, 1.82) is 0 Å². The number of thioether (sulfide) groups is 1. The lowest BCUT2D eigenvalue weighted by Crippen LogP contribution is -2.36. The summed E-state index contributed by atoms with van der Waals surface area (Å²) < 4.78 is 13.3. The van der Waals surface area contributed by atoms with Crippen molar-refractivity contribution in [2.24, 2.45) is 0 Å². The third kappa shape index (κ3) is 3.86. The highest BCUT2D eigenvalue weighted by atomic mass is 32.2. The molecule has 3 unspecified atom stereocenters. The van der Waals surface area contributed by atoms with E-state index < -0.39 is 0 Å². The molecule has 4 heteroatoms. The van der Waals surface area contributed by atoms with Gasteiger partial charge < -0.3 is 10.4 Å². The van der Waals surface area contributed by atoms with Crippen LogP contribution in [0.25, 0.3) is 0 Å². The second kappa shape index (κ2) is 6.62. The van der Waals surface area contributed by atoms with Crippen molar-refractivity contribution in [3.05, 3.63) is 29.6 Å². The molecular formula is C15H22FNOS. The Morgan fingerprint density at radius 1 is 1.42 bits per heavy atom. The van der Waals surface area contributed by atoms with Crippen LogP contribution >= 0.6 is 11.8 Å². The van der Waals surface area contributed by atoms with E-state index in [0.29, 0.717) is 11.6 Å². The molecule has 2 nitrogen and oxygen atoms in total. The standard InChI is InChI=1S/C15H22FNOS/c1-10(14-8-11(16)6-7-15(14)18)17-12-4-3-5-13(9-12)19-2/h6-8,10,12-13,17-18H,3-5,9H2,1-2H3. The number of halogens is 1. The highest BCUT2D eigenvalue weighted by Gasteiger charge is 2.23. The molecule has 0 heterocycles. The van der Waals surface area contributed by atoms with Gasteiger partial charge in [0, 0.05) is 22.9 Å². The lowest BCUT2D eigenvalue weighted by molar-refractivity contribution is 0.347. The molecule has 1 fully saturated rings. The molecule has 2 rings (SSSR count). The van der Waals surface area contributed by atoms with Crippen LogP contribution < -0.4 is 5.32 Å². The average molecular weight is 283 g/mol. The van der Waals surface area contributed by atoms with Crippen LogP contribution in [0.15, 0.2) is 18.2 Å².